The molecule has 13 heavy (non-hydrogen) atoms. The topological polar surface area (TPSA) is 38.3 Å². The minimum atomic E-state index is 0.168. The fourth-order valence-corrected chi connectivity index (χ4v) is 1.80. The molecule has 1 aliphatic carbocycles. The third kappa shape index (κ3) is 2.44. The Balaban J connectivity index is 1.66. The van der Waals surface area contributed by atoms with Gasteiger partial charge in [0, 0.05) is 12.6 Å². The quantitative estimate of drug-likeness (QED) is 0.711. The highest BCUT2D eigenvalue weighted by Gasteiger charge is 2.34. The zero-order chi connectivity index (χ0) is 9.26. The van der Waals surface area contributed by atoms with Crippen molar-refractivity contribution in [2.75, 3.05) is 6.61 Å². The van der Waals surface area contributed by atoms with E-state index in [1.807, 2.05) is 0 Å². The van der Waals surface area contributed by atoms with Crippen molar-refractivity contribution in [1.82, 2.24) is 5.32 Å². The molecule has 1 aliphatic heterocycles. The molecule has 0 radical (unpaired) electrons. The van der Waals surface area contributed by atoms with Crippen LogP contribution in [0.1, 0.15) is 32.6 Å². The molecule has 0 aromatic rings. The summed E-state index contributed by atoms with van der Waals surface area (Å²) in [5, 5.41) is 3.01. The van der Waals surface area contributed by atoms with Gasteiger partial charge in [-0.05, 0) is 25.2 Å². The number of ether oxygens (including phenoxy) is 1. The van der Waals surface area contributed by atoms with E-state index in [0.717, 1.165) is 25.9 Å². The molecule has 1 saturated heterocycles. The van der Waals surface area contributed by atoms with Gasteiger partial charge in [-0.3, -0.25) is 4.79 Å². The van der Waals surface area contributed by atoms with Crippen LogP contribution in [0.5, 0.6) is 0 Å². The number of hydrogen-bond acceptors (Lipinski definition) is 2. The van der Waals surface area contributed by atoms with Gasteiger partial charge in [0.15, 0.2) is 0 Å². The fraction of sp³-hybridized carbons (Fsp3) is 0.900. The minimum absolute atomic E-state index is 0.168. The highest BCUT2D eigenvalue weighted by Crippen LogP contribution is 2.29. The predicted octanol–water partition coefficient (Wildman–Crippen LogP) is 1.08. The second-order valence-electron chi connectivity index (χ2n) is 4.23. The average molecular weight is 183 g/mol. The summed E-state index contributed by atoms with van der Waals surface area (Å²) >= 11 is 0. The first-order valence-electron chi connectivity index (χ1n) is 5.16. The molecule has 1 saturated carbocycles. The molecular formula is C10H17NO2. The Hall–Kier alpha value is -0.570. The molecule has 3 heteroatoms. The molecule has 3 atom stereocenters. The van der Waals surface area contributed by atoms with Crippen molar-refractivity contribution >= 4 is 5.91 Å². The fourth-order valence-electron chi connectivity index (χ4n) is 1.80. The molecular weight excluding hydrogens is 166 g/mol. The van der Waals surface area contributed by atoms with Crippen molar-refractivity contribution in [2.45, 2.75) is 44.8 Å². The van der Waals surface area contributed by atoms with Gasteiger partial charge in [0.05, 0.1) is 12.5 Å². The summed E-state index contributed by atoms with van der Waals surface area (Å²) in [4.78, 5) is 11.4. The maximum absolute atomic E-state index is 11.4. The third-order valence-electron chi connectivity index (χ3n) is 2.89. The maximum Gasteiger partial charge on any atom is 0.222 e. The van der Waals surface area contributed by atoms with E-state index < -0.39 is 0 Å². The first kappa shape index (κ1) is 9.00. The van der Waals surface area contributed by atoms with Gasteiger partial charge in [-0.25, -0.2) is 0 Å². The monoisotopic (exact) mass is 183 g/mol. The Kier molecular flexibility index (Phi) is 2.54. The van der Waals surface area contributed by atoms with Gasteiger partial charge in [-0.2, -0.15) is 0 Å². The van der Waals surface area contributed by atoms with E-state index in [-0.39, 0.29) is 12.0 Å². The van der Waals surface area contributed by atoms with Crippen LogP contribution in [0.2, 0.25) is 0 Å². The lowest BCUT2D eigenvalue weighted by Gasteiger charge is -2.08. The van der Waals surface area contributed by atoms with Gasteiger partial charge in [0.2, 0.25) is 5.91 Å². The molecule has 1 heterocycles. The summed E-state index contributed by atoms with van der Waals surface area (Å²) in [5.74, 6) is 0.856. The van der Waals surface area contributed by atoms with Gasteiger partial charge >= 0.3 is 0 Å². The molecule has 0 aromatic heterocycles. The first-order valence-corrected chi connectivity index (χ1v) is 5.16. The minimum Gasteiger partial charge on any atom is -0.378 e. The molecule has 3 nitrogen and oxygen atoms in total. The predicted molar refractivity (Wildman–Crippen MR) is 49.3 cm³/mol. The number of carbonyl (C=O) groups excluding carboxylic acids is 1. The normalized spacial score (nSPS) is 37.5. The average Bonchev–Trinajstić information content (AvgIpc) is 2.61. The molecule has 3 unspecified atom stereocenters. The standard InChI is InChI=1S/C10H17NO2/c1-7-5-9(7)11-10(12)6-8-3-2-4-13-8/h7-9H,2-6H2,1H3,(H,11,12). The lowest BCUT2D eigenvalue weighted by atomic mass is 10.2. The van der Waals surface area contributed by atoms with Crippen LogP contribution in [0, 0.1) is 5.92 Å². The second kappa shape index (κ2) is 3.66. The van der Waals surface area contributed by atoms with Crippen molar-refractivity contribution in [3.8, 4) is 0 Å². The van der Waals surface area contributed by atoms with Crippen molar-refractivity contribution in [1.29, 1.82) is 0 Å². The highest BCUT2D eigenvalue weighted by atomic mass is 16.5. The van der Waals surface area contributed by atoms with E-state index >= 15 is 0 Å². The van der Waals surface area contributed by atoms with E-state index in [1.165, 1.54) is 0 Å². The Labute approximate surface area is 78.8 Å². The zero-order valence-corrected chi connectivity index (χ0v) is 8.08. The second-order valence-corrected chi connectivity index (χ2v) is 4.23. The lowest BCUT2D eigenvalue weighted by molar-refractivity contribution is -0.123. The van der Waals surface area contributed by atoms with E-state index in [1.54, 1.807) is 0 Å². The Morgan fingerprint density at radius 3 is 2.92 bits per heavy atom. The van der Waals surface area contributed by atoms with Gasteiger partial charge in [-0.15, -0.1) is 0 Å². The van der Waals surface area contributed by atoms with Gasteiger partial charge < -0.3 is 10.1 Å². The molecule has 2 fully saturated rings. The van der Waals surface area contributed by atoms with E-state index in [4.69, 9.17) is 4.74 Å². The van der Waals surface area contributed by atoms with E-state index in [0.29, 0.717) is 18.4 Å². The summed E-state index contributed by atoms with van der Waals surface area (Å²) < 4.78 is 5.39. The third-order valence-corrected chi connectivity index (χ3v) is 2.89. The van der Waals surface area contributed by atoms with Gasteiger partial charge in [0.25, 0.3) is 0 Å². The van der Waals surface area contributed by atoms with Crippen molar-refractivity contribution in [3.63, 3.8) is 0 Å². The van der Waals surface area contributed by atoms with Crippen LogP contribution < -0.4 is 5.32 Å². The van der Waals surface area contributed by atoms with E-state index in [9.17, 15) is 4.79 Å². The molecule has 1 amide bonds. The van der Waals surface area contributed by atoms with E-state index in [2.05, 4.69) is 12.2 Å². The molecule has 0 spiro atoms. The first-order chi connectivity index (χ1) is 6.25. The zero-order valence-electron chi connectivity index (χ0n) is 8.08. The van der Waals surface area contributed by atoms with Crippen molar-refractivity contribution in [2.24, 2.45) is 5.92 Å². The molecule has 2 aliphatic rings. The number of carbonyl (C=O) groups is 1. The van der Waals surface area contributed by atoms with Crippen molar-refractivity contribution < 1.29 is 9.53 Å². The van der Waals surface area contributed by atoms with Crippen molar-refractivity contribution in [3.05, 3.63) is 0 Å². The number of amides is 1. The summed E-state index contributed by atoms with van der Waals surface area (Å²) in [5.41, 5.74) is 0. The Morgan fingerprint density at radius 1 is 1.62 bits per heavy atom. The Morgan fingerprint density at radius 2 is 2.38 bits per heavy atom. The number of nitrogens with one attached hydrogen (secondary N) is 1. The smallest absolute Gasteiger partial charge is 0.222 e. The molecule has 74 valence electrons. The summed E-state index contributed by atoms with van der Waals surface area (Å²) in [6, 6.07) is 0.453. The van der Waals surface area contributed by atoms with Gasteiger partial charge in [-0.1, -0.05) is 6.92 Å². The van der Waals surface area contributed by atoms with Crippen LogP contribution in [0.15, 0.2) is 0 Å². The molecule has 0 bridgehead atoms. The Bertz CT molecular complexity index is 199. The highest BCUT2D eigenvalue weighted by molar-refractivity contribution is 5.77. The lowest BCUT2D eigenvalue weighted by Crippen LogP contribution is -2.29. The van der Waals surface area contributed by atoms with Crippen LogP contribution >= 0.6 is 0 Å². The van der Waals surface area contributed by atoms with Crippen LogP contribution in [0.4, 0.5) is 0 Å². The summed E-state index contributed by atoms with van der Waals surface area (Å²) in [6.45, 7) is 2.99. The summed E-state index contributed by atoms with van der Waals surface area (Å²) in [6.07, 6.45) is 4.06. The number of rotatable bonds is 3. The summed E-state index contributed by atoms with van der Waals surface area (Å²) in [7, 11) is 0. The largest absolute Gasteiger partial charge is 0.378 e. The van der Waals surface area contributed by atoms with Crippen LogP contribution in [-0.2, 0) is 9.53 Å². The molecule has 1 N–H and O–H groups in total. The van der Waals surface area contributed by atoms with Crippen LogP contribution in [0.25, 0.3) is 0 Å². The van der Waals surface area contributed by atoms with Crippen LogP contribution in [0.3, 0.4) is 0 Å². The number of hydrogen-bond donors (Lipinski definition) is 1. The SMILES string of the molecule is CC1CC1NC(=O)CC1CCCO1. The maximum atomic E-state index is 11.4. The molecule has 2 rings (SSSR count). The van der Waals surface area contributed by atoms with Crippen LogP contribution in [-0.4, -0.2) is 24.7 Å². The van der Waals surface area contributed by atoms with Gasteiger partial charge in [0.1, 0.15) is 0 Å². The molecule has 0 aromatic carbocycles.